The number of nitrogens with zero attached hydrogens (tertiary/aromatic N) is 3. The Labute approximate surface area is 333 Å². The zero-order chi connectivity index (χ0) is 38.8. The van der Waals surface area contributed by atoms with E-state index in [2.05, 4.69) is 50.5 Å². The van der Waals surface area contributed by atoms with Gasteiger partial charge in [-0.25, -0.2) is 0 Å². The van der Waals surface area contributed by atoms with Crippen LogP contribution < -0.4 is 9.47 Å². The van der Waals surface area contributed by atoms with Gasteiger partial charge in [0, 0.05) is 0 Å². The molecule has 0 aromatic heterocycles. The third kappa shape index (κ3) is 17.6. The van der Waals surface area contributed by atoms with Crippen LogP contribution in [0, 0.1) is 22.7 Å². The number of quaternary nitrogens is 1. The molecule has 0 heterocycles. The molecule has 0 fully saturated rings. The molecule has 4 aromatic rings. The number of unbranched alkanes of at least 4 members (excludes halogenated alkanes) is 16. The van der Waals surface area contributed by atoms with Gasteiger partial charge >= 0.3 is 0 Å². The molecule has 292 valence electrons. The SMILES string of the molecule is C[N+](C)(CCCCCCCCCCCCOc1ccc(-c2ccc(C#N)cc2)cc1)CCCCCCCCCCOc1ccc(-c2ccc(C#N)cc2)cc1. The van der Waals surface area contributed by atoms with Crippen molar-refractivity contribution < 1.29 is 14.0 Å². The highest BCUT2D eigenvalue weighted by Crippen LogP contribution is 2.25. The molecular weight excluding hydrogens is 675 g/mol. The minimum absolute atomic E-state index is 0.686. The lowest BCUT2D eigenvalue weighted by Crippen LogP contribution is -2.41. The molecule has 0 unspecified atom stereocenters. The first kappa shape index (κ1) is 43.2. The molecule has 5 heteroatoms. The predicted octanol–water partition coefficient (Wildman–Crippen LogP) is 13.3. The predicted molar refractivity (Wildman–Crippen MR) is 229 cm³/mol. The molecular formula is C50H66N3O2+. The first-order chi connectivity index (χ1) is 27.0. The highest BCUT2D eigenvalue weighted by molar-refractivity contribution is 5.65. The fourth-order valence-corrected chi connectivity index (χ4v) is 7.21. The van der Waals surface area contributed by atoms with E-state index in [4.69, 9.17) is 20.0 Å². The molecule has 0 amide bonds. The Hall–Kier alpha value is -4.58. The van der Waals surface area contributed by atoms with Crippen LogP contribution in [-0.4, -0.2) is 44.9 Å². The monoisotopic (exact) mass is 741 g/mol. The van der Waals surface area contributed by atoms with E-state index in [1.807, 2.05) is 72.8 Å². The second kappa shape index (κ2) is 25.5. The van der Waals surface area contributed by atoms with Gasteiger partial charge in [-0.15, -0.1) is 0 Å². The fraction of sp³-hybridized carbons (Fsp3) is 0.480. The minimum atomic E-state index is 0.686. The first-order valence-electron chi connectivity index (χ1n) is 21.2. The average Bonchev–Trinajstić information content (AvgIpc) is 3.22. The standard InChI is InChI=1S/C50H66N3O2/c1-53(2,38-18-14-10-6-8-12-16-20-40-55-50-35-31-48(32-36-50)46-27-23-44(42-52)24-28-46)37-17-13-9-5-3-4-7-11-15-19-39-54-49-33-29-47(30-34-49)45-25-21-43(41-51)22-26-45/h21-36H,3-20,37-40H2,1-2H3/q+1. The molecule has 0 saturated carbocycles. The molecule has 4 aromatic carbocycles. The van der Waals surface area contributed by atoms with Crippen molar-refractivity contribution in [3.8, 4) is 45.9 Å². The summed E-state index contributed by atoms with van der Waals surface area (Å²) in [6, 6.07) is 36.3. The third-order valence-corrected chi connectivity index (χ3v) is 10.8. The van der Waals surface area contributed by atoms with E-state index in [1.165, 1.54) is 120 Å². The zero-order valence-electron chi connectivity index (χ0n) is 34.0. The van der Waals surface area contributed by atoms with Crippen LogP contribution >= 0.6 is 0 Å². The molecule has 0 aliphatic heterocycles. The van der Waals surface area contributed by atoms with Crippen LogP contribution in [0.2, 0.25) is 0 Å². The molecule has 0 aliphatic rings. The highest BCUT2D eigenvalue weighted by atomic mass is 16.5. The van der Waals surface area contributed by atoms with Gasteiger partial charge in [0.1, 0.15) is 11.5 Å². The largest absolute Gasteiger partial charge is 0.494 e. The van der Waals surface area contributed by atoms with Gasteiger partial charge in [0.05, 0.1) is 63.7 Å². The van der Waals surface area contributed by atoms with Crippen molar-refractivity contribution in [1.29, 1.82) is 10.5 Å². The number of benzene rings is 4. The molecule has 0 saturated heterocycles. The number of hydrogen-bond donors (Lipinski definition) is 0. The lowest BCUT2D eigenvalue weighted by atomic mass is 10.0. The van der Waals surface area contributed by atoms with Crippen molar-refractivity contribution in [3.63, 3.8) is 0 Å². The van der Waals surface area contributed by atoms with E-state index < -0.39 is 0 Å². The molecule has 4 rings (SSSR count). The van der Waals surface area contributed by atoms with E-state index >= 15 is 0 Å². The summed E-state index contributed by atoms with van der Waals surface area (Å²) < 4.78 is 13.1. The maximum atomic E-state index is 8.98. The molecule has 5 nitrogen and oxygen atoms in total. The Bertz CT molecular complexity index is 1680. The van der Waals surface area contributed by atoms with Crippen LogP contribution in [0.1, 0.15) is 127 Å². The minimum Gasteiger partial charge on any atom is -0.494 e. The van der Waals surface area contributed by atoms with Crippen LogP contribution in [0.25, 0.3) is 22.3 Å². The van der Waals surface area contributed by atoms with Gasteiger partial charge in [-0.2, -0.15) is 10.5 Å². The summed E-state index contributed by atoms with van der Waals surface area (Å²) in [4.78, 5) is 0. The van der Waals surface area contributed by atoms with Crippen molar-refractivity contribution in [2.45, 2.75) is 116 Å². The van der Waals surface area contributed by atoms with E-state index in [0.29, 0.717) is 11.1 Å². The molecule has 55 heavy (non-hydrogen) atoms. The summed E-state index contributed by atoms with van der Waals surface area (Å²) >= 11 is 0. The smallest absolute Gasteiger partial charge is 0.119 e. The maximum Gasteiger partial charge on any atom is 0.119 e. The average molecular weight is 741 g/mol. The lowest BCUT2D eigenvalue weighted by Gasteiger charge is -2.30. The summed E-state index contributed by atoms with van der Waals surface area (Å²) in [5.41, 5.74) is 5.88. The summed E-state index contributed by atoms with van der Waals surface area (Å²) in [6.07, 6.45) is 23.7. The van der Waals surface area contributed by atoms with Gasteiger partial charge in [-0.05, 0) is 109 Å². The number of hydrogen-bond acceptors (Lipinski definition) is 4. The summed E-state index contributed by atoms with van der Waals surface area (Å²) in [7, 11) is 4.84. The molecule has 0 bridgehead atoms. The normalized spacial score (nSPS) is 11.2. The first-order valence-corrected chi connectivity index (χ1v) is 21.2. The molecule has 0 atom stereocenters. The van der Waals surface area contributed by atoms with Crippen LogP contribution in [0.4, 0.5) is 0 Å². The van der Waals surface area contributed by atoms with E-state index in [1.54, 1.807) is 0 Å². The van der Waals surface area contributed by atoms with Gasteiger partial charge in [-0.3, -0.25) is 0 Å². The van der Waals surface area contributed by atoms with Crippen LogP contribution in [0.5, 0.6) is 11.5 Å². The van der Waals surface area contributed by atoms with E-state index in [0.717, 1.165) is 59.8 Å². The molecule has 0 aliphatic carbocycles. The molecule has 0 N–H and O–H groups in total. The lowest BCUT2D eigenvalue weighted by molar-refractivity contribution is -0.890. The van der Waals surface area contributed by atoms with Gasteiger partial charge in [0.25, 0.3) is 0 Å². The number of nitriles is 2. The molecule has 0 radical (unpaired) electrons. The van der Waals surface area contributed by atoms with E-state index in [-0.39, 0.29) is 0 Å². The Kier molecular flexibility index (Phi) is 20.0. The fourth-order valence-electron chi connectivity index (χ4n) is 7.21. The molecule has 0 spiro atoms. The topological polar surface area (TPSA) is 66.0 Å². The highest BCUT2D eigenvalue weighted by Gasteiger charge is 2.13. The Morgan fingerprint density at radius 3 is 0.909 bits per heavy atom. The Balaban J connectivity index is 0.870. The van der Waals surface area contributed by atoms with Crippen LogP contribution in [0.15, 0.2) is 97.1 Å². The van der Waals surface area contributed by atoms with Gasteiger partial charge in [-0.1, -0.05) is 126 Å². The number of ether oxygens (including phenoxy) is 2. The van der Waals surface area contributed by atoms with Crippen molar-refractivity contribution in [2.75, 3.05) is 40.4 Å². The van der Waals surface area contributed by atoms with Gasteiger partial charge in [0.15, 0.2) is 0 Å². The van der Waals surface area contributed by atoms with Crippen molar-refractivity contribution in [3.05, 3.63) is 108 Å². The second-order valence-corrected chi connectivity index (χ2v) is 15.9. The Morgan fingerprint density at radius 2 is 0.618 bits per heavy atom. The van der Waals surface area contributed by atoms with Crippen molar-refractivity contribution in [2.24, 2.45) is 0 Å². The quantitative estimate of drug-likeness (QED) is 0.0429. The zero-order valence-corrected chi connectivity index (χ0v) is 34.0. The van der Waals surface area contributed by atoms with Crippen molar-refractivity contribution in [1.82, 2.24) is 0 Å². The van der Waals surface area contributed by atoms with E-state index in [9.17, 15) is 0 Å². The van der Waals surface area contributed by atoms with Crippen LogP contribution in [0.3, 0.4) is 0 Å². The van der Waals surface area contributed by atoms with Gasteiger partial charge < -0.3 is 14.0 Å². The summed E-state index contributed by atoms with van der Waals surface area (Å²) in [6.45, 7) is 4.18. The summed E-state index contributed by atoms with van der Waals surface area (Å²) in [5, 5.41) is 18.0. The second-order valence-electron chi connectivity index (χ2n) is 15.9. The number of rotatable bonds is 28. The Morgan fingerprint density at radius 1 is 0.364 bits per heavy atom. The summed E-state index contributed by atoms with van der Waals surface area (Å²) in [5.74, 6) is 1.86. The van der Waals surface area contributed by atoms with Crippen LogP contribution in [-0.2, 0) is 0 Å². The van der Waals surface area contributed by atoms with Gasteiger partial charge in [0.2, 0.25) is 0 Å². The maximum absolute atomic E-state index is 8.98. The third-order valence-electron chi connectivity index (χ3n) is 10.8. The van der Waals surface area contributed by atoms with Crippen molar-refractivity contribution >= 4 is 0 Å².